The number of hydrogen-bond donors (Lipinski definition) is 0. The van der Waals surface area contributed by atoms with Crippen molar-refractivity contribution in [2.45, 2.75) is 151 Å². The second kappa shape index (κ2) is 106. The fourth-order valence-corrected chi connectivity index (χ4v) is 0. The van der Waals surface area contributed by atoms with E-state index < -0.39 is 0 Å². The molecule has 0 heterocycles. The standard InChI is InChI=1S/4C3H6.10CH4.B3.B2.B.H2/c4*1-2-3-1;;;;;;;;;;;1-3-2;1-2;;/h4*1-3H2;10*1H4;;;;1H/i;;;;;;;;;;;;;;;;;1+2. The maximum atomic E-state index is 4.50. The van der Waals surface area contributed by atoms with Crippen LogP contribution in [0.25, 0.3) is 0 Å². The maximum Gasteiger partial charge on any atom is 0 e. The van der Waals surface area contributed by atoms with Gasteiger partial charge in [-0.3, -0.25) is 0 Å². The minimum absolute atomic E-state index is 0. The van der Waals surface area contributed by atoms with E-state index in [0.717, 1.165) is 7.06 Å². The first-order valence-electron chi connectivity index (χ1n) is 7.00. The Balaban J connectivity index is -0.00000000719. The molecule has 0 aliphatic heterocycles. The lowest BCUT2D eigenvalue weighted by Gasteiger charge is -1.41. The molecule has 6 heteroatoms. The smallest absolute Gasteiger partial charge is 0 e. The Morgan fingerprint density at radius 1 is 0.357 bits per heavy atom. The van der Waals surface area contributed by atoms with Gasteiger partial charge in [0.05, 0.1) is 0 Å². The molecule has 0 amide bonds. The van der Waals surface area contributed by atoms with E-state index in [-0.39, 0.29) is 84.1 Å². The van der Waals surface area contributed by atoms with E-state index in [2.05, 4.69) is 30.9 Å². The third-order valence-electron chi connectivity index (χ3n) is 1.41. The molecule has 0 aromatic rings. The quantitative estimate of drug-likeness (QED) is 0.358. The van der Waals surface area contributed by atoms with Crippen molar-refractivity contribution in [2.75, 3.05) is 0 Å². The molecule has 0 bridgehead atoms. The van der Waals surface area contributed by atoms with Gasteiger partial charge in [0.15, 0.2) is 0 Å². The van der Waals surface area contributed by atoms with Crippen LogP contribution in [0.4, 0.5) is 0 Å². The van der Waals surface area contributed by atoms with Gasteiger partial charge in [0, 0.05) is 47.8 Å². The second-order valence-electron chi connectivity index (χ2n) is 4.44. The van der Waals surface area contributed by atoms with E-state index in [0.29, 0.717) is 0 Å². The molecule has 4 fully saturated rings. The molecule has 4 saturated carbocycles. The topological polar surface area (TPSA) is 0 Å². The minimum Gasteiger partial charge on any atom is -0.0776 e. The Labute approximate surface area is 199 Å². The van der Waals surface area contributed by atoms with Gasteiger partial charge in [-0.2, -0.15) is 0 Å². The Hall–Kier alpha value is 0.390. The summed E-state index contributed by atoms with van der Waals surface area (Å²) in [5.41, 5.74) is 0. The van der Waals surface area contributed by atoms with Gasteiger partial charge in [-0.15, -0.1) is 0 Å². The lowest BCUT2D eigenvalue weighted by atomic mass is 9.40. The van der Waals surface area contributed by atoms with Crippen molar-refractivity contribution < 1.29 is 1.43 Å². The summed E-state index contributed by atoms with van der Waals surface area (Å²) in [6.07, 6.45) is 18.0. The molecule has 0 N–H and O–H groups in total. The molecule has 0 aromatic heterocycles. The van der Waals surface area contributed by atoms with Crippen LogP contribution in [0, 0.1) is 0 Å². The SMILES string of the molecule is C.C.C.C.C.C.C.C.C.C.C1CC1.C1CC1.C1CC1.C1CC1.[3HH].[B].[B][B].[B][B][B]. The maximum absolute atomic E-state index is 4.50. The Morgan fingerprint density at radius 2 is 0.393 bits per heavy atom. The van der Waals surface area contributed by atoms with Crippen LogP contribution in [0.5, 0.6) is 0 Å². The molecule has 28 heavy (non-hydrogen) atoms. The van der Waals surface area contributed by atoms with Crippen molar-refractivity contribution in [3.63, 3.8) is 0 Å². The average Bonchev–Trinajstić information content (AvgIpc) is 3.25. The summed E-state index contributed by atoms with van der Waals surface area (Å²) in [6.45, 7) is 0. The predicted molar refractivity (Wildman–Crippen MR) is 159 cm³/mol. The van der Waals surface area contributed by atoms with Crippen molar-refractivity contribution in [1.29, 1.82) is 0 Å². The van der Waals surface area contributed by atoms with Crippen LogP contribution in [0.1, 0.15) is 153 Å². The highest BCUT2D eigenvalue weighted by Crippen LogP contribution is 2.15. The minimum atomic E-state index is 0. The molecule has 0 unspecified atom stereocenters. The molecule has 172 valence electrons. The summed E-state index contributed by atoms with van der Waals surface area (Å²) >= 11 is 0. The average molecular weight is 398 g/mol. The third-order valence-corrected chi connectivity index (χ3v) is 1.41. The van der Waals surface area contributed by atoms with Gasteiger partial charge in [0.2, 0.25) is 0 Å². The van der Waals surface area contributed by atoms with Crippen molar-refractivity contribution in [1.82, 2.24) is 0 Å². The fourth-order valence-electron chi connectivity index (χ4n) is 0. The van der Waals surface area contributed by atoms with Crippen molar-refractivity contribution in [3.8, 4) is 0 Å². The fraction of sp³-hybridized carbons (Fsp3) is 1.00. The van der Waals surface area contributed by atoms with Crippen LogP contribution >= 0.6 is 0 Å². The Kier molecular flexibility index (Phi) is 342. The van der Waals surface area contributed by atoms with Crippen LogP contribution in [-0.2, 0) is 0 Å². The monoisotopic (exact) mass is 399 g/mol. The van der Waals surface area contributed by atoms with Gasteiger partial charge in [0.25, 0.3) is 0 Å². The zero-order valence-electron chi connectivity index (χ0n) is 11.9. The van der Waals surface area contributed by atoms with Gasteiger partial charge in [-0.1, -0.05) is 151 Å². The Bertz CT molecular complexity index is 80.5. The molecule has 0 spiro atoms. The molecular formula is C22H66B6. The lowest BCUT2D eigenvalue weighted by Crippen LogP contribution is -1.79. The zero-order valence-corrected chi connectivity index (χ0v) is 11.9. The highest BCUT2D eigenvalue weighted by molar-refractivity contribution is 7.17. The van der Waals surface area contributed by atoms with Gasteiger partial charge in [0.1, 0.15) is 0 Å². The summed E-state index contributed by atoms with van der Waals surface area (Å²) < 4.78 is 0. The molecule has 0 nitrogen and oxygen atoms in total. The highest BCUT2D eigenvalue weighted by atomic mass is 14.0. The van der Waals surface area contributed by atoms with Crippen LogP contribution in [0.2, 0.25) is 0 Å². The Morgan fingerprint density at radius 3 is 0.393 bits per heavy atom. The molecule has 0 aromatic carbocycles. The van der Waals surface area contributed by atoms with E-state index in [1.54, 1.807) is 0 Å². The third kappa shape index (κ3) is 883. The van der Waals surface area contributed by atoms with Crippen LogP contribution in [-0.4, -0.2) is 46.4 Å². The van der Waals surface area contributed by atoms with Crippen LogP contribution < -0.4 is 0 Å². The highest BCUT2D eigenvalue weighted by Gasteiger charge is 1.96. The summed E-state index contributed by atoms with van der Waals surface area (Å²) in [5.74, 6) is 0. The summed E-state index contributed by atoms with van der Waals surface area (Å²) in [7, 11) is 18.0. The van der Waals surface area contributed by atoms with E-state index in [9.17, 15) is 0 Å². The van der Waals surface area contributed by atoms with Crippen LogP contribution in [0.15, 0.2) is 0 Å². The van der Waals surface area contributed by atoms with Crippen molar-refractivity contribution in [2.24, 2.45) is 0 Å². The summed E-state index contributed by atoms with van der Waals surface area (Å²) in [6, 6.07) is 0. The normalized spacial score (nSPS) is 10.9. The number of hydrogen-bond acceptors (Lipinski definition) is 0. The first-order chi connectivity index (χ1) is 8.41. The van der Waals surface area contributed by atoms with Crippen LogP contribution in [0.3, 0.4) is 0 Å². The summed E-state index contributed by atoms with van der Waals surface area (Å²) in [5, 5.41) is 0. The largest absolute Gasteiger partial charge is 0.0776 e. The van der Waals surface area contributed by atoms with Gasteiger partial charge in [-0.05, 0) is 0 Å². The molecule has 4 aliphatic rings. The zero-order chi connectivity index (χ0) is 13.2. The first-order valence-corrected chi connectivity index (χ1v) is 7.00. The molecular weight excluding hydrogens is 329 g/mol. The second-order valence-corrected chi connectivity index (χ2v) is 4.44. The van der Waals surface area contributed by atoms with Gasteiger partial charge in [-0.25, -0.2) is 0 Å². The van der Waals surface area contributed by atoms with Crippen molar-refractivity contribution >= 4 is 46.4 Å². The lowest BCUT2D eigenvalue weighted by molar-refractivity contribution is 1.50. The molecule has 4 rings (SSSR count). The van der Waals surface area contributed by atoms with E-state index >= 15 is 0 Å². The molecule has 4 aliphatic carbocycles. The van der Waals surface area contributed by atoms with Gasteiger partial charge < -0.3 is 0 Å². The first kappa shape index (κ1) is 89.9. The van der Waals surface area contributed by atoms with E-state index in [1.807, 2.05) is 0 Å². The van der Waals surface area contributed by atoms with E-state index in [4.69, 9.17) is 0 Å². The number of rotatable bonds is 0. The molecule has 0 atom stereocenters. The molecule has 0 saturated heterocycles. The molecule has 12 radical (unpaired) electrons. The summed E-state index contributed by atoms with van der Waals surface area (Å²) in [4.78, 5) is 0. The van der Waals surface area contributed by atoms with Crippen molar-refractivity contribution in [3.05, 3.63) is 0 Å². The van der Waals surface area contributed by atoms with Gasteiger partial charge >= 0.3 is 0 Å². The van der Waals surface area contributed by atoms with E-state index in [1.165, 1.54) is 77.0 Å². The predicted octanol–water partition coefficient (Wildman–Crippen LogP) is 9.00.